The van der Waals surface area contributed by atoms with Gasteiger partial charge in [-0.2, -0.15) is 0 Å². The molecule has 0 aliphatic rings. The molecule has 0 radical (unpaired) electrons. The van der Waals surface area contributed by atoms with Gasteiger partial charge in [0.05, 0.1) is 0 Å². The summed E-state index contributed by atoms with van der Waals surface area (Å²) in [6, 6.07) is 12.0. The van der Waals surface area contributed by atoms with E-state index in [0.29, 0.717) is 0 Å². The highest BCUT2D eigenvalue weighted by atomic mass is 16.6. The monoisotopic (exact) mass is 168 g/mol. The van der Waals surface area contributed by atoms with E-state index in [1.54, 1.807) is 0 Å². The number of rotatable bonds is 0. The summed E-state index contributed by atoms with van der Waals surface area (Å²) in [5.41, 5.74) is 0. The first-order valence-electron chi connectivity index (χ1n) is 3.15. The van der Waals surface area contributed by atoms with E-state index in [9.17, 15) is 0 Å². The Bertz CT molecular complexity index is 154. The summed E-state index contributed by atoms with van der Waals surface area (Å²) in [6.45, 7) is 6.00. The van der Waals surface area contributed by atoms with Crippen LogP contribution < -0.4 is 0 Å². The standard InChI is InChI=1S/C6H6.C2H4.CH2O3/c1-2-4-6-5-3-1;1-2;2-1(3)4/h1-6H;1-2H2;(H2,2,3,4). The molecule has 2 N–H and O–H groups in total. The van der Waals surface area contributed by atoms with E-state index in [0.717, 1.165) is 0 Å². The minimum absolute atomic E-state index is 1.83. The molecule has 0 fully saturated rings. The Morgan fingerprint density at radius 3 is 1.00 bits per heavy atom. The molecule has 0 amide bonds. The lowest BCUT2D eigenvalue weighted by Gasteiger charge is -1.69. The summed E-state index contributed by atoms with van der Waals surface area (Å²) in [4.78, 5) is 8.56. The molecule has 0 aromatic heterocycles. The van der Waals surface area contributed by atoms with Gasteiger partial charge in [-0.3, -0.25) is 0 Å². The van der Waals surface area contributed by atoms with Crippen molar-refractivity contribution in [3.8, 4) is 0 Å². The van der Waals surface area contributed by atoms with Gasteiger partial charge in [0, 0.05) is 0 Å². The first kappa shape index (κ1) is 12.9. The van der Waals surface area contributed by atoms with Gasteiger partial charge in [-0.1, -0.05) is 36.4 Å². The van der Waals surface area contributed by atoms with Crippen LogP contribution in [0.25, 0.3) is 0 Å². The molecule has 0 aliphatic carbocycles. The number of carboxylic acid groups (broad SMARTS) is 2. The maximum atomic E-state index is 8.56. The third-order valence-electron chi connectivity index (χ3n) is 0.667. The fourth-order valence-electron chi connectivity index (χ4n) is 0.385. The van der Waals surface area contributed by atoms with Crippen LogP contribution in [0.5, 0.6) is 0 Å². The normalized spacial score (nSPS) is 6.33. The zero-order valence-corrected chi connectivity index (χ0v) is 6.68. The van der Waals surface area contributed by atoms with Crippen molar-refractivity contribution in [3.63, 3.8) is 0 Å². The van der Waals surface area contributed by atoms with E-state index in [4.69, 9.17) is 15.0 Å². The highest BCUT2D eigenvalue weighted by molar-refractivity contribution is 5.53. The molecule has 1 aromatic rings. The van der Waals surface area contributed by atoms with Gasteiger partial charge in [-0.15, -0.1) is 13.2 Å². The van der Waals surface area contributed by atoms with Crippen molar-refractivity contribution in [2.75, 3.05) is 0 Å². The van der Waals surface area contributed by atoms with Crippen molar-refractivity contribution in [3.05, 3.63) is 49.6 Å². The van der Waals surface area contributed by atoms with Crippen LogP contribution in [-0.4, -0.2) is 16.4 Å². The van der Waals surface area contributed by atoms with E-state index >= 15 is 0 Å². The molecule has 0 heterocycles. The minimum Gasteiger partial charge on any atom is -0.450 e. The van der Waals surface area contributed by atoms with Crippen LogP contribution in [0.15, 0.2) is 49.6 Å². The Hall–Kier alpha value is -1.77. The van der Waals surface area contributed by atoms with Crippen molar-refractivity contribution in [2.24, 2.45) is 0 Å². The average molecular weight is 168 g/mol. The second-order valence-corrected chi connectivity index (χ2v) is 1.44. The highest BCUT2D eigenvalue weighted by Crippen LogP contribution is 1.79. The summed E-state index contributed by atoms with van der Waals surface area (Å²) in [5.74, 6) is 0. The number of carbonyl (C=O) groups is 1. The molecule has 3 heteroatoms. The van der Waals surface area contributed by atoms with Crippen LogP contribution in [0.3, 0.4) is 0 Å². The number of hydrogen-bond donors (Lipinski definition) is 2. The van der Waals surface area contributed by atoms with Gasteiger partial charge in [0.25, 0.3) is 0 Å². The molecule has 66 valence electrons. The first-order chi connectivity index (χ1) is 5.73. The predicted molar refractivity (Wildman–Crippen MR) is 48.3 cm³/mol. The summed E-state index contributed by atoms with van der Waals surface area (Å²) in [7, 11) is 0. The van der Waals surface area contributed by atoms with Crippen LogP contribution in [0.2, 0.25) is 0 Å². The number of hydrogen-bond acceptors (Lipinski definition) is 1. The van der Waals surface area contributed by atoms with Crippen LogP contribution in [-0.2, 0) is 0 Å². The zero-order chi connectivity index (χ0) is 9.82. The number of benzene rings is 1. The average Bonchev–Trinajstić information content (AvgIpc) is 2.10. The van der Waals surface area contributed by atoms with Gasteiger partial charge in [0.1, 0.15) is 0 Å². The first-order valence-corrected chi connectivity index (χ1v) is 3.15. The topological polar surface area (TPSA) is 57.5 Å². The van der Waals surface area contributed by atoms with Gasteiger partial charge in [0.2, 0.25) is 0 Å². The summed E-state index contributed by atoms with van der Waals surface area (Å²) in [5, 5.41) is 13.9. The van der Waals surface area contributed by atoms with Crippen LogP contribution in [0.1, 0.15) is 0 Å². The lowest BCUT2D eigenvalue weighted by molar-refractivity contribution is 0.137. The van der Waals surface area contributed by atoms with Gasteiger partial charge < -0.3 is 10.2 Å². The van der Waals surface area contributed by atoms with Crippen LogP contribution >= 0.6 is 0 Å². The summed E-state index contributed by atoms with van der Waals surface area (Å²) < 4.78 is 0. The zero-order valence-electron chi connectivity index (χ0n) is 6.68. The van der Waals surface area contributed by atoms with Gasteiger partial charge >= 0.3 is 6.16 Å². The maximum absolute atomic E-state index is 8.56. The van der Waals surface area contributed by atoms with Gasteiger partial charge in [0.15, 0.2) is 0 Å². The van der Waals surface area contributed by atoms with Gasteiger partial charge in [-0.25, -0.2) is 4.79 Å². The lowest BCUT2D eigenvalue weighted by Crippen LogP contribution is -1.81. The van der Waals surface area contributed by atoms with E-state index in [2.05, 4.69) is 13.2 Å². The molecule has 0 bridgehead atoms. The molecule has 0 atom stereocenters. The fourth-order valence-corrected chi connectivity index (χ4v) is 0.385. The lowest BCUT2D eigenvalue weighted by atomic mass is 10.4. The molecule has 12 heavy (non-hydrogen) atoms. The fraction of sp³-hybridized carbons (Fsp3) is 0. The molecule has 1 rings (SSSR count). The Labute approximate surface area is 71.6 Å². The second kappa shape index (κ2) is 12.0. The van der Waals surface area contributed by atoms with Crippen LogP contribution in [0, 0.1) is 0 Å². The third-order valence-corrected chi connectivity index (χ3v) is 0.667. The molecular formula is C9H12O3. The molecule has 0 saturated carbocycles. The van der Waals surface area contributed by atoms with Crippen molar-refractivity contribution in [1.29, 1.82) is 0 Å². The Kier molecular flexibility index (Phi) is 12.8. The molecule has 3 nitrogen and oxygen atoms in total. The molecule has 0 spiro atoms. The summed E-state index contributed by atoms with van der Waals surface area (Å²) >= 11 is 0. The Balaban J connectivity index is 0. The van der Waals surface area contributed by atoms with Crippen LogP contribution in [0.4, 0.5) is 4.79 Å². The quantitative estimate of drug-likeness (QED) is 0.585. The second-order valence-electron chi connectivity index (χ2n) is 1.44. The van der Waals surface area contributed by atoms with Crippen molar-refractivity contribution >= 4 is 6.16 Å². The maximum Gasteiger partial charge on any atom is 0.503 e. The third kappa shape index (κ3) is 24.0. The van der Waals surface area contributed by atoms with Gasteiger partial charge in [-0.05, 0) is 0 Å². The van der Waals surface area contributed by atoms with E-state index in [1.165, 1.54) is 0 Å². The van der Waals surface area contributed by atoms with E-state index < -0.39 is 6.16 Å². The Morgan fingerprint density at radius 1 is 0.833 bits per heavy atom. The molecule has 0 aliphatic heterocycles. The molecule has 0 saturated heterocycles. The Morgan fingerprint density at radius 2 is 0.917 bits per heavy atom. The van der Waals surface area contributed by atoms with Crippen molar-refractivity contribution in [2.45, 2.75) is 0 Å². The molecule has 1 aromatic carbocycles. The largest absolute Gasteiger partial charge is 0.503 e. The van der Waals surface area contributed by atoms with Crippen molar-refractivity contribution < 1.29 is 15.0 Å². The van der Waals surface area contributed by atoms with E-state index in [1.807, 2.05) is 36.4 Å². The molecule has 0 unspecified atom stereocenters. The smallest absolute Gasteiger partial charge is 0.450 e. The van der Waals surface area contributed by atoms with E-state index in [-0.39, 0.29) is 0 Å². The SMILES string of the molecule is C=C.O=C(O)O.c1ccccc1. The summed E-state index contributed by atoms with van der Waals surface area (Å²) in [6.07, 6.45) is -1.83. The van der Waals surface area contributed by atoms with Crippen molar-refractivity contribution in [1.82, 2.24) is 0 Å². The molecular weight excluding hydrogens is 156 g/mol. The predicted octanol–water partition coefficient (Wildman–Crippen LogP) is 2.71. The highest BCUT2D eigenvalue weighted by Gasteiger charge is 1.70. The minimum atomic E-state index is -1.83.